The van der Waals surface area contributed by atoms with Crippen LogP contribution in [0.5, 0.6) is 0 Å². The van der Waals surface area contributed by atoms with Crippen LogP contribution in [0.1, 0.15) is 0 Å². The maximum Gasteiger partial charge on any atom is 0.0901 e. The van der Waals surface area contributed by atoms with Gasteiger partial charge in [-0.25, -0.2) is 4.98 Å². The van der Waals surface area contributed by atoms with Crippen LogP contribution in [-0.4, -0.2) is 4.98 Å². The van der Waals surface area contributed by atoms with E-state index < -0.39 is 0 Å². The topological polar surface area (TPSA) is 16.1 Å². The number of hydrogen-bond donors (Lipinski definition) is 0. The molecule has 2 heterocycles. The molecule has 0 fully saturated rings. The zero-order valence-electron chi connectivity index (χ0n) is 26.0. The van der Waals surface area contributed by atoms with Gasteiger partial charge in [0.1, 0.15) is 0 Å². The second-order valence-corrected chi connectivity index (χ2v) is 13.4. The molecule has 0 saturated heterocycles. The molecule has 0 saturated carbocycles. The van der Waals surface area contributed by atoms with Crippen molar-refractivity contribution in [3.05, 3.63) is 170 Å². The molecule has 0 unspecified atom stereocenters. The third-order valence-electron chi connectivity index (χ3n) is 9.59. The van der Waals surface area contributed by atoms with Gasteiger partial charge in [-0.3, -0.25) is 0 Å². The average Bonchev–Trinajstić information content (AvgIpc) is 3.55. The summed E-state index contributed by atoms with van der Waals surface area (Å²) in [7, 11) is 0. The summed E-state index contributed by atoms with van der Waals surface area (Å²) < 4.78 is 2.54. The Labute approximate surface area is 281 Å². The number of aromatic nitrogens is 1. The molecular formula is C45H28N2S. The molecule has 2 nitrogen and oxygen atoms in total. The number of fused-ring (bicyclic) bond motifs is 11. The smallest absolute Gasteiger partial charge is 0.0901 e. The van der Waals surface area contributed by atoms with Gasteiger partial charge >= 0.3 is 0 Å². The minimum Gasteiger partial charge on any atom is -0.310 e. The zero-order valence-corrected chi connectivity index (χ0v) is 26.8. The first kappa shape index (κ1) is 27.1. The van der Waals surface area contributed by atoms with Gasteiger partial charge in [0.15, 0.2) is 0 Å². The Hall–Kier alpha value is -6.03. The molecule has 0 atom stereocenters. The van der Waals surface area contributed by atoms with Gasteiger partial charge in [0.25, 0.3) is 0 Å². The van der Waals surface area contributed by atoms with Crippen molar-refractivity contribution >= 4 is 91.8 Å². The monoisotopic (exact) mass is 628 g/mol. The largest absolute Gasteiger partial charge is 0.310 e. The van der Waals surface area contributed by atoms with Gasteiger partial charge in [0.05, 0.1) is 15.9 Å². The third-order valence-corrected chi connectivity index (χ3v) is 10.8. The van der Waals surface area contributed by atoms with Crippen molar-refractivity contribution < 1.29 is 0 Å². The third kappa shape index (κ3) is 4.15. The maximum atomic E-state index is 5.57. The fourth-order valence-electron chi connectivity index (χ4n) is 7.43. The minimum absolute atomic E-state index is 1.01. The lowest BCUT2D eigenvalue weighted by Gasteiger charge is -2.26. The van der Waals surface area contributed by atoms with Crippen molar-refractivity contribution in [2.24, 2.45) is 0 Å². The van der Waals surface area contributed by atoms with Gasteiger partial charge in [-0.05, 0) is 69.4 Å². The van der Waals surface area contributed by atoms with E-state index >= 15 is 0 Å². The van der Waals surface area contributed by atoms with Gasteiger partial charge in [-0.1, -0.05) is 127 Å². The minimum atomic E-state index is 1.01. The van der Waals surface area contributed by atoms with Crippen molar-refractivity contribution in [2.75, 3.05) is 4.90 Å². The summed E-state index contributed by atoms with van der Waals surface area (Å²) in [4.78, 5) is 7.90. The van der Waals surface area contributed by atoms with E-state index in [0.29, 0.717) is 0 Å². The standard InChI is InChI=1S/C45H28N2S/c1-2-14-32(15-3-1)47(34-27-22-29-12-4-5-13-31(29)28-34)33-25-23-30(24-26-33)43-38-19-9-8-18-37(38)41-35-16-6-7-17-36(35)42-39-20-10-11-21-40(39)48-45(42)44(41)46-43/h1-28H. The lowest BCUT2D eigenvalue weighted by Crippen LogP contribution is -2.09. The fourth-order valence-corrected chi connectivity index (χ4v) is 8.64. The van der Waals surface area contributed by atoms with Crippen LogP contribution in [0.3, 0.4) is 0 Å². The van der Waals surface area contributed by atoms with Crippen molar-refractivity contribution in [3.63, 3.8) is 0 Å². The number of anilines is 3. The second kappa shape index (κ2) is 10.8. The summed E-state index contributed by atoms with van der Waals surface area (Å²) in [5.41, 5.74) is 6.53. The molecule has 0 bridgehead atoms. The highest BCUT2D eigenvalue weighted by Gasteiger charge is 2.20. The second-order valence-electron chi connectivity index (χ2n) is 12.3. The van der Waals surface area contributed by atoms with Crippen molar-refractivity contribution in [1.29, 1.82) is 0 Å². The summed E-state index contributed by atoms with van der Waals surface area (Å²) in [5.74, 6) is 0. The van der Waals surface area contributed by atoms with Crippen LogP contribution in [-0.2, 0) is 0 Å². The first-order chi connectivity index (χ1) is 23.8. The van der Waals surface area contributed by atoms with Crippen LogP contribution < -0.4 is 4.90 Å². The summed E-state index contributed by atoms with van der Waals surface area (Å²) in [6.45, 7) is 0. The molecule has 0 aliphatic rings. The van der Waals surface area contributed by atoms with Gasteiger partial charge in [0.2, 0.25) is 0 Å². The lowest BCUT2D eigenvalue weighted by atomic mass is 9.94. The molecule has 10 aromatic rings. The Kier molecular flexibility index (Phi) is 6.08. The Balaban J connectivity index is 1.20. The van der Waals surface area contributed by atoms with Crippen molar-refractivity contribution in [1.82, 2.24) is 4.98 Å². The molecular weight excluding hydrogens is 601 g/mol. The number of nitrogens with zero attached hydrogens (tertiary/aromatic N) is 2. The molecule has 0 aliphatic carbocycles. The van der Waals surface area contributed by atoms with Crippen molar-refractivity contribution in [3.8, 4) is 11.3 Å². The van der Waals surface area contributed by atoms with Gasteiger partial charge < -0.3 is 4.90 Å². The van der Waals surface area contributed by atoms with Crippen LogP contribution in [0.25, 0.3) is 74.6 Å². The summed E-state index contributed by atoms with van der Waals surface area (Å²) >= 11 is 1.85. The number of rotatable bonds is 4. The SMILES string of the molecule is c1ccc(N(c2ccc(-c3nc4c5sc6ccccc6c5c5ccccc5c4c4ccccc34)cc2)c2ccc3ccccc3c2)cc1. The molecule has 3 heteroatoms. The predicted octanol–water partition coefficient (Wildman–Crippen LogP) is 13.2. The molecule has 48 heavy (non-hydrogen) atoms. The van der Waals surface area contributed by atoms with Crippen LogP contribution >= 0.6 is 11.3 Å². The Morgan fingerprint density at radius 1 is 0.417 bits per heavy atom. The Bertz CT molecular complexity index is 2830. The summed E-state index contributed by atoms with van der Waals surface area (Å²) in [5, 5.41) is 11.2. The summed E-state index contributed by atoms with van der Waals surface area (Å²) in [6, 6.07) is 61.1. The number of pyridine rings is 1. The Morgan fingerprint density at radius 3 is 1.75 bits per heavy atom. The number of thiophene rings is 1. The quantitative estimate of drug-likeness (QED) is 0.180. The van der Waals surface area contributed by atoms with E-state index in [1.54, 1.807) is 0 Å². The highest BCUT2D eigenvalue weighted by Crippen LogP contribution is 2.46. The molecule has 0 N–H and O–H groups in total. The summed E-state index contributed by atoms with van der Waals surface area (Å²) in [6.07, 6.45) is 0. The number of para-hydroxylation sites is 1. The van der Waals surface area contributed by atoms with Gasteiger partial charge in [0, 0.05) is 48.9 Å². The molecule has 0 aliphatic heterocycles. The number of hydrogen-bond acceptors (Lipinski definition) is 3. The first-order valence-electron chi connectivity index (χ1n) is 16.3. The predicted molar refractivity (Wildman–Crippen MR) is 207 cm³/mol. The van der Waals surface area contributed by atoms with Crippen LogP contribution in [0, 0.1) is 0 Å². The van der Waals surface area contributed by atoms with Crippen LogP contribution in [0.15, 0.2) is 170 Å². The fraction of sp³-hybridized carbons (Fsp3) is 0. The molecule has 10 rings (SSSR count). The van der Waals surface area contributed by atoms with Gasteiger partial charge in [-0.15, -0.1) is 11.3 Å². The van der Waals surface area contributed by atoms with E-state index in [-0.39, 0.29) is 0 Å². The molecule has 0 spiro atoms. The molecule has 0 radical (unpaired) electrons. The van der Waals surface area contributed by atoms with Gasteiger partial charge in [-0.2, -0.15) is 0 Å². The molecule has 8 aromatic carbocycles. The molecule has 2 aromatic heterocycles. The lowest BCUT2D eigenvalue weighted by molar-refractivity contribution is 1.29. The highest BCUT2D eigenvalue weighted by molar-refractivity contribution is 7.27. The van der Waals surface area contributed by atoms with E-state index in [2.05, 4.69) is 175 Å². The number of benzene rings is 8. The normalized spacial score (nSPS) is 11.8. The van der Waals surface area contributed by atoms with E-state index in [0.717, 1.165) is 39.2 Å². The van der Waals surface area contributed by atoms with Crippen molar-refractivity contribution in [2.45, 2.75) is 0 Å². The average molecular weight is 629 g/mol. The van der Waals surface area contributed by atoms with Crippen LogP contribution in [0.2, 0.25) is 0 Å². The van der Waals surface area contributed by atoms with E-state index in [4.69, 9.17) is 4.98 Å². The van der Waals surface area contributed by atoms with E-state index in [1.807, 2.05) is 11.3 Å². The first-order valence-corrected chi connectivity index (χ1v) is 17.1. The highest BCUT2D eigenvalue weighted by atomic mass is 32.1. The zero-order chi connectivity index (χ0) is 31.6. The van der Waals surface area contributed by atoms with Crippen LogP contribution in [0.4, 0.5) is 17.1 Å². The molecule has 224 valence electrons. The van der Waals surface area contributed by atoms with E-state index in [1.165, 1.54) is 52.5 Å². The molecule has 0 amide bonds. The van der Waals surface area contributed by atoms with E-state index in [9.17, 15) is 0 Å². The Morgan fingerprint density at radius 2 is 0.979 bits per heavy atom. The maximum absolute atomic E-state index is 5.57.